The van der Waals surface area contributed by atoms with Crippen molar-refractivity contribution in [3.8, 4) is 0 Å². The first-order valence-electron chi connectivity index (χ1n) is 3.97. The summed E-state index contributed by atoms with van der Waals surface area (Å²) < 4.78 is 11.7. The molecule has 0 saturated heterocycles. The van der Waals surface area contributed by atoms with Crippen molar-refractivity contribution in [2.24, 2.45) is 0 Å². The normalized spacial score (nSPS) is 18.0. The highest BCUT2D eigenvalue weighted by atomic mass is 79.9. The number of hydrogen-bond donors (Lipinski definition) is 0. The van der Waals surface area contributed by atoms with Gasteiger partial charge in [0, 0.05) is 17.0 Å². The van der Waals surface area contributed by atoms with Crippen LogP contribution in [-0.4, -0.2) is 0 Å². The van der Waals surface area contributed by atoms with Gasteiger partial charge in [-0.15, -0.1) is 0 Å². The third-order valence-electron chi connectivity index (χ3n) is 1.99. The van der Waals surface area contributed by atoms with Crippen molar-refractivity contribution in [1.29, 1.82) is 0 Å². The molecular formula is C10H9BrO2. The molecule has 0 amide bonds. The molecule has 3 heteroatoms. The Morgan fingerprint density at radius 3 is 2.54 bits per heavy atom. The van der Waals surface area contributed by atoms with Gasteiger partial charge >= 0.3 is 0 Å². The van der Waals surface area contributed by atoms with Gasteiger partial charge in [-0.2, -0.15) is 0 Å². The Balaban J connectivity index is 2.35. The van der Waals surface area contributed by atoms with Crippen molar-refractivity contribution in [3.05, 3.63) is 46.8 Å². The van der Waals surface area contributed by atoms with E-state index in [0.717, 1.165) is 10.0 Å². The Kier molecular flexibility index (Phi) is 2.04. The van der Waals surface area contributed by atoms with Gasteiger partial charge in [0.1, 0.15) is 12.5 Å². The molecule has 2 rings (SSSR count). The second-order valence-electron chi connectivity index (χ2n) is 2.96. The zero-order chi connectivity index (χ0) is 9.31. The van der Waals surface area contributed by atoms with Crippen molar-refractivity contribution in [2.75, 3.05) is 0 Å². The van der Waals surface area contributed by atoms with E-state index < -0.39 is 5.79 Å². The maximum absolute atomic E-state index is 5.36. The third-order valence-corrected chi connectivity index (χ3v) is 2.48. The molecule has 0 aromatic heterocycles. The molecule has 2 nitrogen and oxygen atoms in total. The van der Waals surface area contributed by atoms with E-state index >= 15 is 0 Å². The quantitative estimate of drug-likeness (QED) is 0.751. The molecule has 0 unspecified atom stereocenters. The van der Waals surface area contributed by atoms with Crippen molar-refractivity contribution < 1.29 is 9.47 Å². The Labute approximate surface area is 85.3 Å². The molecule has 1 aliphatic heterocycles. The molecule has 1 aliphatic rings. The highest BCUT2D eigenvalue weighted by molar-refractivity contribution is 9.10. The van der Waals surface area contributed by atoms with Gasteiger partial charge < -0.3 is 9.47 Å². The molecule has 68 valence electrons. The lowest BCUT2D eigenvalue weighted by molar-refractivity contribution is -0.133. The molecule has 13 heavy (non-hydrogen) atoms. The topological polar surface area (TPSA) is 18.5 Å². The van der Waals surface area contributed by atoms with Crippen molar-refractivity contribution in [3.63, 3.8) is 0 Å². The van der Waals surface area contributed by atoms with Gasteiger partial charge in [-0.3, -0.25) is 0 Å². The van der Waals surface area contributed by atoms with Gasteiger partial charge in [0.15, 0.2) is 0 Å². The zero-order valence-electron chi connectivity index (χ0n) is 7.16. The lowest BCUT2D eigenvalue weighted by Crippen LogP contribution is -2.21. The summed E-state index contributed by atoms with van der Waals surface area (Å²) >= 11 is 3.40. The number of rotatable bonds is 1. The molecule has 0 atom stereocenters. The Morgan fingerprint density at radius 2 is 1.92 bits per heavy atom. The number of hydrogen-bond acceptors (Lipinski definition) is 2. The summed E-state index contributed by atoms with van der Waals surface area (Å²) in [7, 11) is 0. The Morgan fingerprint density at radius 1 is 1.23 bits per heavy atom. The second-order valence-corrected chi connectivity index (χ2v) is 3.88. The van der Waals surface area contributed by atoms with E-state index in [1.165, 1.54) is 0 Å². The van der Waals surface area contributed by atoms with Crippen LogP contribution in [0.3, 0.4) is 0 Å². The standard InChI is InChI=1S/C10H9BrO2/c1-10(12-5-6-13-10)8-3-2-4-9(11)7-8/h2-7H,1H3. The summed E-state index contributed by atoms with van der Waals surface area (Å²) in [5, 5.41) is 0. The van der Waals surface area contributed by atoms with E-state index in [4.69, 9.17) is 9.47 Å². The Bertz CT molecular complexity index is 339. The molecule has 1 heterocycles. The van der Waals surface area contributed by atoms with Crippen LogP contribution in [0.25, 0.3) is 0 Å². The van der Waals surface area contributed by atoms with Crippen LogP contribution in [0.5, 0.6) is 0 Å². The number of benzene rings is 1. The van der Waals surface area contributed by atoms with Crippen molar-refractivity contribution in [1.82, 2.24) is 0 Å². The maximum Gasteiger partial charge on any atom is 0.273 e. The fourth-order valence-electron chi connectivity index (χ4n) is 1.25. The van der Waals surface area contributed by atoms with Gasteiger partial charge in [0.25, 0.3) is 5.79 Å². The first kappa shape index (κ1) is 8.63. The van der Waals surface area contributed by atoms with Crippen LogP contribution in [0.4, 0.5) is 0 Å². The van der Waals surface area contributed by atoms with Crippen LogP contribution in [0.15, 0.2) is 41.3 Å². The first-order chi connectivity index (χ1) is 6.21. The minimum atomic E-state index is -0.663. The third kappa shape index (κ3) is 1.56. The van der Waals surface area contributed by atoms with Gasteiger partial charge in [0.2, 0.25) is 0 Å². The SMILES string of the molecule is CC1(c2cccc(Br)c2)OC=CO1. The Hall–Kier alpha value is -0.960. The molecule has 0 aliphatic carbocycles. The summed E-state index contributed by atoms with van der Waals surface area (Å²) in [6, 6.07) is 7.87. The van der Waals surface area contributed by atoms with Crippen LogP contribution in [0, 0.1) is 0 Å². The van der Waals surface area contributed by atoms with E-state index in [-0.39, 0.29) is 0 Å². The molecule has 0 bridgehead atoms. The lowest BCUT2D eigenvalue weighted by Gasteiger charge is -2.23. The summed E-state index contributed by atoms with van der Waals surface area (Å²) in [4.78, 5) is 0. The molecule has 0 spiro atoms. The van der Waals surface area contributed by atoms with Crippen molar-refractivity contribution in [2.45, 2.75) is 12.7 Å². The van der Waals surface area contributed by atoms with Crippen LogP contribution >= 0.6 is 15.9 Å². The van der Waals surface area contributed by atoms with Crippen LogP contribution in [0.1, 0.15) is 12.5 Å². The average molecular weight is 241 g/mol. The number of ether oxygens (including phenoxy) is 2. The predicted octanol–water partition coefficient (Wildman–Crippen LogP) is 3.14. The summed E-state index contributed by atoms with van der Waals surface area (Å²) in [6.07, 6.45) is 3.11. The number of halogens is 1. The maximum atomic E-state index is 5.36. The molecular weight excluding hydrogens is 232 g/mol. The highest BCUT2D eigenvalue weighted by Crippen LogP contribution is 2.32. The molecule has 0 fully saturated rings. The lowest BCUT2D eigenvalue weighted by atomic mass is 10.1. The van der Waals surface area contributed by atoms with E-state index in [1.807, 2.05) is 31.2 Å². The summed E-state index contributed by atoms with van der Waals surface area (Å²) in [5.74, 6) is -0.663. The summed E-state index contributed by atoms with van der Waals surface area (Å²) in [6.45, 7) is 1.88. The van der Waals surface area contributed by atoms with Gasteiger partial charge in [-0.25, -0.2) is 0 Å². The molecule has 0 N–H and O–H groups in total. The van der Waals surface area contributed by atoms with E-state index in [1.54, 1.807) is 12.5 Å². The molecule has 1 aromatic rings. The van der Waals surface area contributed by atoms with E-state index in [0.29, 0.717) is 0 Å². The minimum absolute atomic E-state index is 0.663. The van der Waals surface area contributed by atoms with Gasteiger partial charge in [0.05, 0.1) is 0 Å². The minimum Gasteiger partial charge on any atom is -0.453 e. The van der Waals surface area contributed by atoms with Crippen LogP contribution in [-0.2, 0) is 15.3 Å². The fourth-order valence-corrected chi connectivity index (χ4v) is 1.65. The second kappa shape index (κ2) is 3.07. The average Bonchev–Trinajstić information content (AvgIpc) is 2.54. The van der Waals surface area contributed by atoms with Gasteiger partial charge in [-0.1, -0.05) is 28.1 Å². The highest BCUT2D eigenvalue weighted by Gasteiger charge is 2.31. The van der Waals surface area contributed by atoms with Gasteiger partial charge in [-0.05, 0) is 12.1 Å². The summed E-state index contributed by atoms with van der Waals surface area (Å²) in [5.41, 5.74) is 0.992. The van der Waals surface area contributed by atoms with Crippen molar-refractivity contribution >= 4 is 15.9 Å². The largest absolute Gasteiger partial charge is 0.453 e. The molecule has 0 saturated carbocycles. The van der Waals surface area contributed by atoms with E-state index in [9.17, 15) is 0 Å². The fraction of sp³-hybridized carbons (Fsp3) is 0.200. The smallest absolute Gasteiger partial charge is 0.273 e. The van der Waals surface area contributed by atoms with Crippen LogP contribution < -0.4 is 0 Å². The zero-order valence-corrected chi connectivity index (χ0v) is 8.74. The first-order valence-corrected chi connectivity index (χ1v) is 4.77. The monoisotopic (exact) mass is 240 g/mol. The van der Waals surface area contributed by atoms with E-state index in [2.05, 4.69) is 15.9 Å². The van der Waals surface area contributed by atoms with Crippen LogP contribution in [0.2, 0.25) is 0 Å². The molecule has 0 radical (unpaired) electrons. The molecule has 1 aromatic carbocycles. The predicted molar refractivity (Wildman–Crippen MR) is 52.8 cm³/mol.